The lowest BCUT2D eigenvalue weighted by Crippen LogP contribution is -2.68. The van der Waals surface area contributed by atoms with E-state index in [4.69, 9.17) is 35.8 Å². The maximum Gasteiger partial charge on any atom is 0.186 e. The molecule has 0 spiro atoms. The molecular formula is C31H25ClN3O4PS. The summed E-state index contributed by atoms with van der Waals surface area (Å²) >= 11 is 6.02. The van der Waals surface area contributed by atoms with Crippen LogP contribution in [0.1, 0.15) is 0 Å². The second-order valence-corrected chi connectivity index (χ2v) is 13.5. The van der Waals surface area contributed by atoms with Gasteiger partial charge in [-0.25, -0.2) is 23.6 Å². The van der Waals surface area contributed by atoms with Crippen LogP contribution in [0.15, 0.2) is 134 Å². The number of allylic oxidation sites excluding steroid dienone is 1. The van der Waals surface area contributed by atoms with Crippen LogP contribution in [0.3, 0.4) is 0 Å². The highest BCUT2D eigenvalue weighted by atomic mass is 35.7. The number of hydrogen-bond donors (Lipinski definition) is 0. The van der Waals surface area contributed by atoms with E-state index >= 15 is 0 Å². The van der Waals surface area contributed by atoms with Gasteiger partial charge in [-0.3, -0.25) is 4.40 Å². The van der Waals surface area contributed by atoms with Gasteiger partial charge in [-0.05, 0) is 60.7 Å². The monoisotopic (exact) mass is 601 g/mol. The van der Waals surface area contributed by atoms with Crippen molar-refractivity contribution >= 4 is 57.4 Å². The summed E-state index contributed by atoms with van der Waals surface area (Å²) in [4.78, 5) is 5.20. The van der Waals surface area contributed by atoms with Gasteiger partial charge in [0.25, 0.3) is 0 Å². The Balaban J connectivity index is 0.000000623. The molecule has 7 nitrogen and oxygen atoms in total. The molecule has 10 heteroatoms. The van der Waals surface area contributed by atoms with Crippen LogP contribution in [0.4, 0.5) is 0 Å². The zero-order valence-corrected chi connectivity index (χ0v) is 24.2. The SMILES string of the molecule is C=CCn1cc([P+](c2ccccc2)(c2ccccc2)c2ccccc2)c2nc3ccccc3n2c1=S.[O-][Cl+3]([O-])([O-])[O-]. The normalized spacial score (nSPS) is 11.7. The molecule has 0 aliphatic carbocycles. The number of imidazole rings is 1. The number of fused-ring (bicyclic) bond motifs is 3. The number of aromatic nitrogens is 3. The standard InChI is InChI=1S/C31H25N3PS.ClHO4/c1-2-22-33-23-29(30-32-27-20-12-13-21-28(27)34(30)31(33)36)35(24-14-6-3-7-15-24,25-16-8-4-9-17-25)26-18-10-5-11-19-26;2-1(3,4)5/h2-21,23H,1,22H2;(H,2,3,4,5)/q+1;/p-1. The predicted molar refractivity (Wildman–Crippen MR) is 157 cm³/mol. The molecule has 0 N–H and O–H groups in total. The fraction of sp³-hybridized carbons (Fsp3) is 0.0323. The third kappa shape index (κ3) is 5.73. The van der Waals surface area contributed by atoms with Gasteiger partial charge in [0.2, 0.25) is 0 Å². The Labute approximate surface area is 245 Å². The maximum absolute atomic E-state index is 8.49. The lowest BCUT2D eigenvalue weighted by molar-refractivity contribution is -2.00. The fourth-order valence-corrected chi connectivity index (χ4v) is 9.77. The van der Waals surface area contributed by atoms with Gasteiger partial charge in [0.1, 0.15) is 23.2 Å². The Morgan fingerprint density at radius 2 is 1.17 bits per heavy atom. The van der Waals surface area contributed by atoms with E-state index in [9.17, 15) is 0 Å². The van der Waals surface area contributed by atoms with Crippen molar-refractivity contribution < 1.29 is 28.9 Å². The molecule has 2 heterocycles. The molecule has 0 atom stereocenters. The Bertz CT molecular complexity index is 1760. The Hall–Kier alpha value is -3.72. The third-order valence-electron chi connectivity index (χ3n) is 6.62. The van der Waals surface area contributed by atoms with Crippen LogP contribution in [0.2, 0.25) is 0 Å². The Morgan fingerprint density at radius 1 is 0.732 bits per heavy atom. The summed E-state index contributed by atoms with van der Waals surface area (Å²) in [5, 5.41) is 5.01. The van der Waals surface area contributed by atoms with E-state index in [1.54, 1.807) is 0 Å². The lowest BCUT2D eigenvalue weighted by atomic mass is 10.3. The largest absolute Gasteiger partial charge is 0.317 e. The highest BCUT2D eigenvalue weighted by Gasteiger charge is 2.50. The Morgan fingerprint density at radius 3 is 1.63 bits per heavy atom. The lowest BCUT2D eigenvalue weighted by Gasteiger charge is -2.28. The van der Waals surface area contributed by atoms with E-state index in [1.807, 2.05) is 18.2 Å². The molecule has 0 aliphatic rings. The number of nitrogens with zero attached hydrogens (tertiary/aromatic N) is 3. The molecular weight excluding hydrogens is 577 g/mol. The molecule has 0 bridgehead atoms. The smallest absolute Gasteiger partial charge is 0.186 e. The number of hydrogen-bond acceptors (Lipinski definition) is 6. The van der Waals surface area contributed by atoms with E-state index < -0.39 is 17.5 Å². The molecule has 0 saturated heterocycles. The minimum atomic E-state index is -4.94. The summed E-state index contributed by atoms with van der Waals surface area (Å²) in [5.74, 6) is 0. The number of rotatable bonds is 6. The zero-order chi connectivity index (χ0) is 29.0. The molecule has 0 aliphatic heterocycles. The van der Waals surface area contributed by atoms with Crippen molar-refractivity contribution in [3.8, 4) is 0 Å². The molecule has 6 rings (SSSR count). The first-order chi connectivity index (χ1) is 19.7. The molecule has 206 valence electrons. The van der Waals surface area contributed by atoms with Gasteiger partial charge in [0, 0.05) is 6.54 Å². The summed E-state index contributed by atoms with van der Waals surface area (Å²) in [6.07, 6.45) is 4.13. The molecule has 0 fully saturated rings. The average molecular weight is 602 g/mol. The van der Waals surface area contributed by atoms with Gasteiger partial charge in [0.05, 0.1) is 17.2 Å². The second-order valence-electron chi connectivity index (χ2n) is 9.05. The van der Waals surface area contributed by atoms with Crippen LogP contribution >= 0.6 is 19.5 Å². The summed E-state index contributed by atoms with van der Waals surface area (Å²) < 4.78 is 39.0. The van der Waals surface area contributed by atoms with Crippen molar-refractivity contribution in [2.75, 3.05) is 0 Å². The number of benzene rings is 4. The first-order valence-electron chi connectivity index (χ1n) is 12.5. The van der Waals surface area contributed by atoms with Crippen LogP contribution < -0.4 is 39.9 Å². The highest BCUT2D eigenvalue weighted by Crippen LogP contribution is 2.55. The van der Waals surface area contributed by atoms with Crippen molar-refractivity contribution in [1.29, 1.82) is 0 Å². The van der Waals surface area contributed by atoms with Crippen molar-refractivity contribution in [2.24, 2.45) is 0 Å². The summed E-state index contributed by atoms with van der Waals surface area (Å²) in [6.45, 7) is 4.63. The minimum absolute atomic E-state index is 0.618. The summed E-state index contributed by atoms with van der Waals surface area (Å²) in [6, 6.07) is 40.8. The van der Waals surface area contributed by atoms with Crippen LogP contribution in [-0.4, -0.2) is 14.0 Å². The van der Waals surface area contributed by atoms with E-state index in [0.717, 1.165) is 21.5 Å². The van der Waals surface area contributed by atoms with Crippen molar-refractivity contribution in [1.82, 2.24) is 14.0 Å². The first-order valence-corrected chi connectivity index (χ1v) is 16.0. The van der Waals surface area contributed by atoms with E-state index in [1.165, 1.54) is 21.2 Å². The molecule has 0 amide bonds. The Kier molecular flexibility index (Phi) is 8.45. The zero-order valence-electron chi connectivity index (χ0n) is 21.7. The van der Waals surface area contributed by atoms with E-state index in [2.05, 4.69) is 125 Å². The van der Waals surface area contributed by atoms with Crippen molar-refractivity contribution in [3.63, 3.8) is 0 Å². The number of halogens is 1. The van der Waals surface area contributed by atoms with Crippen molar-refractivity contribution in [2.45, 2.75) is 6.54 Å². The molecule has 4 aromatic carbocycles. The van der Waals surface area contributed by atoms with Gasteiger partial charge in [-0.2, -0.15) is 0 Å². The van der Waals surface area contributed by atoms with E-state index in [0.29, 0.717) is 6.54 Å². The molecule has 0 saturated carbocycles. The van der Waals surface area contributed by atoms with Crippen LogP contribution in [0.25, 0.3) is 16.7 Å². The molecule has 0 unspecified atom stereocenters. The predicted octanol–water partition coefficient (Wildman–Crippen LogP) is 1.07. The van der Waals surface area contributed by atoms with Gasteiger partial charge in [-0.1, -0.05) is 72.8 Å². The van der Waals surface area contributed by atoms with Crippen LogP contribution in [-0.2, 0) is 6.54 Å². The van der Waals surface area contributed by atoms with Gasteiger partial charge in [0.15, 0.2) is 15.7 Å². The van der Waals surface area contributed by atoms with Gasteiger partial charge in [-0.15, -0.1) is 16.8 Å². The summed E-state index contributed by atoms with van der Waals surface area (Å²) in [7, 11) is -7.31. The minimum Gasteiger partial charge on any atom is -0.317 e. The van der Waals surface area contributed by atoms with Crippen molar-refractivity contribution in [3.05, 3.63) is 139 Å². The molecule has 2 aromatic heterocycles. The molecule has 0 radical (unpaired) electrons. The fourth-order valence-electron chi connectivity index (χ4n) is 5.11. The maximum atomic E-state index is 8.49. The topological polar surface area (TPSA) is 114 Å². The molecule has 41 heavy (non-hydrogen) atoms. The van der Waals surface area contributed by atoms with Gasteiger partial charge >= 0.3 is 0 Å². The second kappa shape index (κ2) is 12.0. The van der Waals surface area contributed by atoms with E-state index in [-0.39, 0.29) is 0 Å². The number of para-hydroxylation sites is 2. The van der Waals surface area contributed by atoms with Crippen LogP contribution in [0, 0.1) is 15.0 Å². The third-order valence-corrected chi connectivity index (χ3v) is 11.3. The average Bonchev–Trinajstić information content (AvgIpc) is 3.37. The van der Waals surface area contributed by atoms with Gasteiger partial charge < -0.3 is 4.57 Å². The summed E-state index contributed by atoms with van der Waals surface area (Å²) in [5.41, 5.74) is 2.87. The van der Waals surface area contributed by atoms with Crippen LogP contribution in [0.5, 0.6) is 0 Å². The quantitative estimate of drug-likeness (QED) is 0.160. The highest BCUT2D eigenvalue weighted by molar-refractivity contribution is 8.01. The first kappa shape index (κ1) is 28.8. The molecule has 6 aromatic rings.